The third-order valence-corrected chi connectivity index (χ3v) is 3.09. The first-order chi connectivity index (χ1) is 6.40. The molecule has 0 atom stereocenters. The Morgan fingerprint density at radius 2 is 1.85 bits per heavy atom. The summed E-state index contributed by atoms with van der Waals surface area (Å²) in [5.74, 6) is 0. The van der Waals surface area contributed by atoms with Crippen molar-refractivity contribution in [2.45, 2.75) is 27.2 Å². The zero-order valence-electron chi connectivity index (χ0n) is 8.50. The van der Waals surface area contributed by atoms with Crippen LogP contribution in [0.5, 0.6) is 0 Å². The highest BCUT2D eigenvalue weighted by atomic mass is 32.1. The van der Waals surface area contributed by atoms with Crippen molar-refractivity contribution in [2.75, 3.05) is 0 Å². The maximum atomic E-state index is 2.28. The number of fused-ring (bicyclic) bond motifs is 1. The highest BCUT2D eigenvalue weighted by molar-refractivity contribution is 7.19. The van der Waals surface area contributed by atoms with E-state index in [1.165, 1.54) is 15.0 Å². The van der Waals surface area contributed by atoms with E-state index in [-0.39, 0.29) is 0 Å². The van der Waals surface area contributed by atoms with Crippen LogP contribution in [0, 0.1) is 0 Å². The van der Waals surface area contributed by atoms with Crippen molar-refractivity contribution in [3.8, 4) is 0 Å². The average molecular weight is 192 g/mol. The predicted octanol–water partition coefficient (Wildman–Crippen LogP) is 4.49. The number of hydrogen-bond donors (Lipinski definition) is 0. The van der Waals surface area contributed by atoms with E-state index in [1.54, 1.807) is 0 Å². The van der Waals surface area contributed by atoms with Gasteiger partial charge in [-0.2, -0.15) is 0 Å². The smallest absolute Gasteiger partial charge is 0.0345 e. The maximum absolute atomic E-state index is 2.28. The second-order valence-electron chi connectivity index (χ2n) is 2.60. The summed E-state index contributed by atoms with van der Waals surface area (Å²) in [7, 11) is 0. The molecular formula is C12H16S. The molecule has 0 saturated carbocycles. The van der Waals surface area contributed by atoms with E-state index in [9.17, 15) is 0 Å². The third kappa shape index (κ3) is 2.31. The van der Waals surface area contributed by atoms with Crippen molar-refractivity contribution >= 4 is 21.4 Å². The number of rotatable bonds is 1. The lowest BCUT2D eigenvalue weighted by Gasteiger charge is -1.82. The molecule has 1 heterocycles. The highest BCUT2D eigenvalue weighted by Crippen LogP contribution is 2.25. The first-order valence-corrected chi connectivity index (χ1v) is 5.69. The van der Waals surface area contributed by atoms with Crippen LogP contribution in [0.4, 0.5) is 0 Å². The van der Waals surface area contributed by atoms with E-state index in [0.717, 1.165) is 6.42 Å². The van der Waals surface area contributed by atoms with Gasteiger partial charge < -0.3 is 0 Å². The molecule has 70 valence electrons. The Hall–Kier alpha value is -0.820. The van der Waals surface area contributed by atoms with E-state index in [1.807, 2.05) is 25.2 Å². The van der Waals surface area contributed by atoms with Crippen LogP contribution in [-0.2, 0) is 6.42 Å². The Balaban J connectivity index is 0.000000396. The van der Waals surface area contributed by atoms with Gasteiger partial charge in [0.2, 0.25) is 0 Å². The molecule has 0 nitrogen and oxygen atoms in total. The summed E-state index contributed by atoms with van der Waals surface area (Å²) < 4.78 is 1.41. The molecule has 0 spiro atoms. The molecule has 0 radical (unpaired) electrons. The lowest BCUT2D eigenvalue weighted by molar-refractivity contribution is 1.19. The van der Waals surface area contributed by atoms with Crippen LogP contribution in [0.1, 0.15) is 25.6 Å². The van der Waals surface area contributed by atoms with Gasteiger partial charge in [-0.05, 0) is 23.9 Å². The predicted molar refractivity (Wildman–Crippen MR) is 62.6 cm³/mol. The molecule has 0 saturated heterocycles. The molecule has 0 N–H and O–H groups in total. The number of aryl methyl sites for hydroxylation is 1. The van der Waals surface area contributed by atoms with Crippen molar-refractivity contribution in [1.82, 2.24) is 0 Å². The van der Waals surface area contributed by atoms with Crippen LogP contribution in [0.3, 0.4) is 0 Å². The largest absolute Gasteiger partial charge is 0.140 e. The van der Waals surface area contributed by atoms with Crippen LogP contribution in [0.2, 0.25) is 0 Å². The minimum atomic E-state index is 1.15. The summed E-state index contributed by atoms with van der Waals surface area (Å²) in [5, 5.41) is 1.38. The Kier molecular flexibility index (Phi) is 3.97. The first-order valence-electron chi connectivity index (χ1n) is 4.87. The van der Waals surface area contributed by atoms with Gasteiger partial charge in [-0.25, -0.2) is 0 Å². The van der Waals surface area contributed by atoms with E-state index >= 15 is 0 Å². The second-order valence-corrected chi connectivity index (χ2v) is 3.77. The minimum Gasteiger partial charge on any atom is -0.140 e. The van der Waals surface area contributed by atoms with Gasteiger partial charge in [0.15, 0.2) is 0 Å². The van der Waals surface area contributed by atoms with Gasteiger partial charge in [0.25, 0.3) is 0 Å². The molecular weight excluding hydrogens is 176 g/mol. The molecule has 2 rings (SSSR count). The normalized spacial score (nSPS) is 9.46. The molecule has 1 aromatic heterocycles. The quantitative estimate of drug-likeness (QED) is 0.624. The Bertz CT molecular complexity index is 327. The van der Waals surface area contributed by atoms with Crippen LogP contribution < -0.4 is 0 Å². The fraction of sp³-hybridized carbons (Fsp3) is 0.333. The molecule has 0 fully saturated rings. The number of benzene rings is 1. The van der Waals surface area contributed by atoms with Crippen molar-refractivity contribution in [3.05, 3.63) is 35.2 Å². The van der Waals surface area contributed by atoms with E-state index < -0.39 is 0 Å². The van der Waals surface area contributed by atoms with Crippen molar-refractivity contribution in [2.24, 2.45) is 0 Å². The molecule has 0 unspecified atom stereocenters. The van der Waals surface area contributed by atoms with Gasteiger partial charge in [-0.3, -0.25) is 0 Å². The molecule has 13 heavy (non-hydrogen) atoms. The lowest BCUT2D eigenvalue weighted by Crippen LogP contribution is -1.64. The van der Waals surface area contributed by atoms with E-state index in [4.69, 9.17) is 0 Å². The SMILES string of the molecule is CC.CCc1cc2ccccc2s1. The zero-order valence-corrected chi connectivity index (χ0v) is 9.32. The number of hydrogen-bond acceptors (Lipinski definition) is 1. The minimum absolute atomic E-state index is 1.15. The lowest BCUT2D eigenvalue weighted by atomic mass is 10.2. The summed E-state index contributed by atoms with van der Waals surface area (Å²) in [5.41, 5.74) is 0. The fourth-order valence-corrected chi connectivity index (χ4v) is 2.22. The van der Waals surface area contributed by atoms with E-state index in [2.05, 4.69) is 37.3 Å². The monoisotopic (exact) mass is 192 g/mol. The van der Waals surface area contributed by atoms with Crippen molar-refractivity contribution in [3.63, 3.8) is 0 Å². The third-order valence-electron chi connectivity index (χ3n) is 1.83. The van der Waals surface area contributed by atoms with Crippen LogP contribution >= 0.6 is 11.3 Å². The highest BCUT2D eigenvalue weighted by Gasteiger charge is 1.96. The Morgan fingerprint density at radius 3 is 2.46 bits per heavy atom. The van der Waals surface area contributed by atoms with Crippen molar-refractivity contribution < 1.29 is 0 Å². The summed E-state index contributed by atoms with van der Waals surface area (Å²) in [6.07, 6.45) is 1.15. The van der Waals surface area contributed by atoms with Crippen LogP contribution in [0.25, 0.3) is 10.1 Å². The summed E-state index contributed by atoms with van der Waals surface area (Å²) in [4.78, 5) is 1.48. The molecule has 0 amide bonds. The zero-order chi connectivity index (χ0) is 9.68. The molecule has 0 aliphatic rings. The van der Waals surface area contributed by atoms with Gasteiger partial charge in [0, 0.05) is 9.58 Å². The fourth-order valence-electron chi connectivity index (χ4n) is 1.21. The van der Waals surface area contributed by atoms with Crippen LogP contribution in [0.15, 0.2) is 30.3 Å². The van der Waals surface area contributed by atoms with Gasteiger partial charge in [-0.15, -0.1) is 11.3 Å². The molecule has 2 aromatic rings. The van der Waals surface area contributed by atoms with Gasteiger partial charge >= 0.3 is 0 Å². The average Bonchev–Trinajstić information content (AvgIpc) is 2.63. The molecule has 0 aliphatic heterocycles. The Labute approximate surface area is 84.2 Å². The molecule has 1 aromatic carbocycles. The summed E-state index contributed by atoms with van der Waals surface area (Å²) in [6.45, 7) is 6.20. The topological polar surface area (TPSA) is 0 Å². The molecule has 0 aliphatic carbocycles. The van der Waals surface area contributed by atoms with Gasteiger partial charge in [-0.1, -0.05) is 39.0 Å². The van der Waals surface area contributed by atoms with E-state index in [0.29, 0.717) is 0 Å². The number of thiophene rings is 1. The van der Waals surface area contributed by atoms with Crippen molar-refractivity contribution in [1.29, 1.82) is 0 Å². The van der Waals surface area contributed by atoms with Crippen LogP contribution in [-0.4, -0.2) is 0 Å². The maximum Gasteiger partial charge on any atom is 0.0345 e. The molecule has 0 bridgehead atoms. The first kappa shape index (κ1) is 10.3. The van der Waals surface area contributed by atoms with Gasteiger partial charge in [0.05, 0.1) is 0 Å². The van der Waals surface area contributed by atoms with Gasteiger partial charge in [0.1, 0.15) is 0 Å². The summed E-state index contributed by atoms with van der Waals surface area (Å²) in [6, 6.07) is 10.8. The Morgan fingerprint density at radius 1 is 1.15 bits per heavy atom. The standard InChI is InChI=1S/C10H10S.C2H6/c1-2-9-7-8-5-3-4-6-10(8)11-9;1-2/h3-7H,2H2,1H3;1-2H3. The summed E-state index contributed by atoms with van der Waals surface area (Å²) >= 11 is 1.90. The second kappa shape index (κ2) is 5.03. The molecule has 1 heteroatoms.